The van der Waals surface area contributed by atoms with E-state index in [9.17, 15) is 0 Å². The Morgan fingerprint density at radius 1 is 1.26 bits per heavy atom. The zero-order chi connectivity index (χ0) is 13.4. The molecule has 0 bridgehead atoms. The fourth-order valence-electron chi connectivity index (χ4n) is 2.53. The molecule has 3 rings (SSSR count). The van der Waals surface area contributed by atoms with Crippen molar-refractivity contribution in [1.82, 2.24) is 0 Å². The zero-order valence-corrected chi connectivity index (χ0v) is 12.9. The average molecular weight is 313 g/mol. The molecule has 1 aromatic carbocycles. The first-order valence-corrected chi connectivity index (χ1v) is 7.91. The lowest BCUT2D eigenvalue weighted by molar-refractivity contribution is 0.410. The SMILES string of the molecule is COc1ccc(Cl)cc1C(Cl)c1cc2c(s1)CCC2. The van der Waals surface area contributed by atoms with Gasteiger partial charge in [-0.15, -0.1) is 22.9 Å². The van der Waals surface area contributed by atoms with Crippen molar-refractivity contribution >= 4 is 34.5 Å². The Hall–Kier alpha value is -0.700. The van der Waals surface area contributed by atoms with Crippen molar-refractivity contribution in [3.05, 3.63) is 50.2 Å². The summed E-state index contributed by atoms with van der Waals surface area (Å²) in [6.45, 7) is 0. The Morgan fingerprint density at radius 3 is 2.84 bits per heavy atom. The van der Waals surface area contributed by atoms with Gasteiger partial charge in [0.15, 0.2) is 0 Å². The largest absolute Gasteiger partial charge is 0.496 e. The van der Waals surface area contributed by atoms with Crippen LogP contribution in [0.2, 0.25) is 5.02 Å². The van der Waals surface area contributed by atoms with Crippen molar-refractivity contribution in [2.24, 2.45) is 0 Å². The van der Waals surface area contributed by atoms with E-state index in [1.165, 1.54) is 34.6 Å². The maximum atomic E-state index is 6.63. The molecule has 0 saturated carbocycles. The van der Waals surface area contributed by atoms with E-state index in [2.05, 4.69) is 6.07 Å². The van der Waals surface area contributed by atoms with Crippen LogP contribution in [0.4, 0.5) is 0 Å². The Balaban J connectivity index is 1.98. The molecule has 1 aromatic heterocycles. The van der Waals surface area contributed by atoms with E-state index < -0.39 is 0 Å². The number of benzene rings is 1. The van der Waals surface area contributed by atoms with Crippen molar-refractivity contribution in [3.8, 4) is 5.75 Å². The first kappa shape index (κ1) is 13.3. The molecule has 0 aliphatic heterocycles. The molecule has 1 heterocycles. The van der Waals surface area contributed by atoms with E-state index in [1.807, 2.05) is 29.5 Å². The van der Waals surface area contributed by atoms with E-state index in [4.69, 9.17) is 27.9 Å². The van der Waals surface area contributed by atoms with E-state index in [-0.39, 0.29) is 5.38 Å². The summed E-state index contributed by atoms with van der Waals surface area (Å²) in [6.07, 6.45) is 3.65. The van der Waals surface area contributed by atoms with Gasteiger partial charge in [-0.05, 0) is 49.1 Å². The number of hydrogen-bond donors (Lipinski definition) is 0. The second kappa shape index (κ2) is 5.35. The van der Waals surface area contributed by atoms with Gasteiger partial charge in [-0.2, -0.15) is 0 Å². The topological polar surface area (TPSA) is 9.23 Å². The van der Waals surface area contributed by atoms with Gasteiger partial charge in [-0.25, -0.2) is 0 Å². The molecule has 0 fully saturated rings. The van der Waals surface area contributed by atoms with Gasteiger partial charge in [-0.1, -0.05) is 11.6 Å². The summed E-state index contributed by atoms with van der Waals surface area (Å²) in [5.41, 5.74) is 2.41. The Kier molecular flexibility index (Phi) is 3.75. The summed E-state index contributed by atoms with van der Waals surface area (Å²) in [4.78, 5) is 2.67. The van der Waals surface area contributed by atoms with Crippen LogP contribution in [0.25, 0.3) is 0 Å². The molecule has 19 heavy (non-hydrogen) atoms. The number of hydrogen-bond acceptors (Lipinski definition) is 2. The summed E-state index contributed by atoms with van der Waals surface area (Å²) >= 11 is 14.5. The molecule has 100 valence electrons. The fraction of sp³-hybridized carbons (Fsp3) is 0.333. The highest BCUT2D eigenvalue weighted by molar-refractivity contribution is 7.12. The lowest BCUT2D eigenvalue weighted by Gasteiger charge is -2.13. The lowest BCUT2D eigenvalue weighted by atomic mass is 10.1. The monoisotopic (exact) mass is 312 g/mol. The van der Waals surface area contributed by atoms with Crippen LogP contribution in [-0.4, -0.2) is 7.11 Å². The molecule has 1 atom stereocenters. The summed E-state index contributed by atoms with van der Waals surface area (Å²) in [5, 5.41) is 0.495. The predicted molar refractivity (Wildman–Crippen MR) is 82.0 cm³/mol. The smallest absolute Gasteiger partial charge is 0.124 e. The second-order valence-electron chi connectivity index (χ2n) is 4.70. The highest BCUT2D eigenvalue weighted by Gasteiger charge is 2.22. The van der Waals surface area contributed by atoms with Crippen LogP contribution < -0.4 is 4.74 Å². The van der Waals surface area contributed by atoms with E-state index >= 15 is 0 Å². The maximum absolute atomic E-state index is 6.63. The highest BCUT2D eigenvalue weighted by atomic mass is 35.5. The lowest BCUT2D eigenvalue weighted by Crippen LogP contribution is -1.96. The van der Waals surface area contributed by atoms with Crippen LogP contribution >= 0.6 is 34.5 Å². The first-order valence-electron chi connectivity index (χ1n) is 6.28. The number of thiophene rings is 1. The molecule has 0 spiro atoms. The average Bonchev–Trinajstić information content (AvgIpc) is 2.98. The van der Waals surface area contributed by atoms with Crippen LogP contribution in [0.3, 0.4) is 0 Å². The maximum Gasteiger partial charge on any atom is 0.124 e. The second-order valence-corrected chi connectivity index (χ2v) is 6.74. The minimum absolute atomic E-state index is 0.191. The van der Waals surface area contributed by atoms with Gasteiger partial charge in [-0.3, -0.25) is 0 Å². The van der Waals surface area contributed by atoms with Crippen molar-refractivity contribution < 1.29 is 4.74 Å². The quantitative estimate of drug-likeness (QED) is 0.705. The van der Waals surface area contributed by atoms with Gasteiger partial charge in [0.05, 0.1) is 12.5 Å². The van der Waals surface area contributed by atoms with Crippen molar-refractivity contribution in [3.63, 3.8) is 0 Å². The summed E-state index contributed by atoms with van der Waals surface area (Å²) in [7, 11) is 1.66. The molecule has 0 radical (unpaired) electrons. The summed E-state index contributed by atoms with van der Waals surface area (Å²) in [6, 6.07) is 7.82. The first-order chi connectivity index (χ1) is 9.19. The predicted octanol–water partition coefficient (Wildman–Crippen LogP) is 5.23. The third kappa shape index (κ3) is 2.49. The molecule has 1 aliphatic rings. The molecular weight excluding hydrogens is 299 g/mol. The van der Waals surface area contributed by atoms with E-state index in [0.717, 1.165) is 11.3 Å². The van der Waals surface area contributed by atoms with Crippen molar-refractivity contribution in [2.75, 3.05) is 7.11 Å². The van der Waals surface area contributed by atoms with Gasteiger partial charge < -0.3 is 4.74 Å². The molecule has 0 amide bonds. The zero-order valence-electron chi connectivity index (χ0n) is 10.6. The molecule has 1 aliphatic carbocycles. The summed E-state index contributed by atoms with van der Waals surface area (Å²) < 4.78 is 5.38. The number of fused-ring (bicyclic) bond motifs is 1. The van der Waals surface area contributed by atoms with E-state index in [1.54, 1.807) is 7.11 Å². The molecule has 2 aromatic rings. The minimum Gasteiger partial charge on any atom is -0.496 e. The van der Waals surface area contributed by atoms with Crippen LogP contribution in [-0.2, 0) is 12.8 Å². The standard InChI is InChI=1S/C15H14Cl2OS/c1-18-12-6-5-10(16)8-11(12)15(17)14-7-9-3-2-4-13(9)19-14/h5-8,15H,2-4H2,1H3. The van der Waals surface area contributed by atoms with Gasteiger partial charge in [0, 0.05) is 20.3 Å². The van der Waals surface area contributed by atoms with Gasteiger partial charge in [0.2, 0.25) is 0 Å². The third-order valence-corrected chi connectivity index (χ3v) is 5.62. The Bertz CT molecular complexity index is 585. The number of methoxy groups -OCH3 is 1. The number of ether oxygens (including phenoxy) is 1. The van der Waals surface area contributed by atoms with E-state index in [0.29, 0.717) is 5.02 Å². The number of rotatable bonds is 3. The van der Waals surface area contributed by atoms with Gasteiger partial charge in [0.1, 0.15) is 5.75 Å². The van der Waals surface area contributed by atoms with Crippen LogP contribution in [0, 0.1) is 0 Å². The number of alkyl halides is 1. The molecule has 0 saturated heterocycles. The molecule has 1 unspecified atom stereocenters. The number of aryl methyl sites for hydroxylation is 2. The Morgan fingerprint density at radius 2 is 2.11 bits per heavy atom. The van der Waals surface area contributed by atoms with Crippen molar-refractivity contribution in [1.29, 1.82) is 0 Å². The number of halogens is 2. The highest BCUT2D eigenvalue weighted by Crippen LogP contribution is 2.42. The summed E-state index contributed by atoms with van der Waals surface area (Å²) in [5.74, 6) is 0.790. The van der Waals surface area contributed by atoms with Crippen LogP contribution in [0.15, 0.2) is 24.3 Å². The minimum atomic E-state index is -0.191. The normalized spacial score (nSPS) is 15.3. The van der Waals surface area contributed by atoms with Gasteiger partial charge >= 0.3 is 0 Å². The molecular formula is C15H14Cl2OS. The van der Waals surface area contributed by atoms with Crippen LogP contribution in [0.1, 0.15) is 32.7 Å². The van der Waals surface area contributed by atoms with Crippen molar-refractivity contribution in [2.45, 2.75) is 24.6 Å². The van der Waals surface area contributed by atoms with Gasteiger partial charge in [0.25, 0.3) is 0 Å². The Labute approximate surface area is 127 Å². The molecule has 0 N–H and O–H groups in total. The van der Waals surface area contributed by atoms with Crippen LogP contribution in [0.5, 0.6) is 5.75 Å². The third-order valence-electron chi connectivity index (χ3n) is 3.48. The molecule has 1 nitrogen and oxygen atoms in total. The molecule has 4 heteroatoms. The fourth-order valence-corrected chi connectivity index (χ4v) is 4.34.